The topological polar surface area (TPSA) is 71.8 Å². The van der Waals surface area contributed by atoms with Crippen molar-refractivity contribution in [1.82, 2.24) is 14.8 Å². The molecule has 0 unspecified atom stereocenters. The third-order valence-electron chi connectivity index (χ3n) is 4.48. The average molecular weight is 365 g/mol. The van der Waals surface area contributed by atoms with E-state index in [0.29, 0.717) is 11.5 Å². The Morgan fingerprint density at radius 3 is 2.85 bits per heavy atom. The molecule has 0 aliphatic carbocycles. The van der Waals surface area contributed by atoms with Crippen LogP contribution >= 0.6 is 11.3 Å². The van der Waals surface area contributed by atoms with Gasteiger partial charge in [-0.2, -0.15) is 10.1 Å². The molecule has 1 atom stereocenters. The summed E-state index contributed by atoms with van der Waals surface area (Å²) in [7, 11) is 0. The molecule has 3 aromatic rings. The third-order valence-corrected chi connectivity index (χ3v) is 5.41. The SMILES string of the molecule is CC1=C(C(=O)Nc2ccc(C)cc2C)[C@@H](c2cccs2)n2ncnc2N1. The van der Waals surface area contributed by atoms with E-state index in [1.54, 1.807) is 16.0 Å². The Balaban J connectivity index is 1.74. The van der Waals surface area contributed by atoms with Crippen LogP contribution in [0.2, 0.25) is 0 Å². The number of nitrogens with zero attached hydrogens (tertiary/aromatic N) is 3. The van der Waals surface area contributed by atoms with E-state index in [1.165, 1.54) is 11.9 Å². The van der Waals surface area contributed by atoms with Crippen molar-refractivity contribution in [2.75, 3.05) is 10.6 Å². The van der Waals surface area contributed by atoms with Crippen LogP contribution in [0.1, 0.15) is 29.0 Å². The number of fused-ring (bicyclic) bond motifs is 1. The molecule has 4 rings (SSSR count). The molecule has 132 valence electrons. The van der Waals surface area contributed by atoms with Gasteiger partial charge in [0.2, 0.25) is 5.95 Å². The van der Waals surface area contributed by atoms with E-state index < -0.39 is 0 Å². The maximum atomic E-state index is 13.2. The van der Waals surface area contributed by atoms with Crippen molar-refractivity contribution >= 4 is 28.9 Å². The lowest BCUT2D eigenvalue weighted by Gasteiger charge is -2.28. The van der Waals surface area contributed by atoms with Gasteiger partial charge in [-0.25, -0.2) is 4.68 Å². The molecule has 26 heavy (non-hydrogen) atoms. The van der Waals surface area contributed by atoms with Crippen molar-refractivity contribution in [3.63, 3.8) is 0 Å². The van der Waals surface area contributed by atoms with Crippen molar-refractivity contribution in [2.45, 2.75) is 26.8 Å². The van der Waals surface area contributed by atoms with Gasteiger partial charge in [0.25, 0.3) is 5.91 Å². The smallest absolute Gasteiger partial charge is 0.255 e. The average Bonchev–Trinajstić information content (AvgIpc) is 3.27. The highest BCUT2D eigenvalue weighted by Crippen LogP contribution is 2.37. The van der Waals surface area contributed by atoms with Crippen molar-refractivity contribution in [3.05, 3.63) is 69.3 Å². The first kappa shape index (κ1) is 16.5. The number of thiophene rings is 1. The van der Waals surface area contributed by atoms with Crippen molar-refractivity contribution in [2.24, 2.45) is 0 Å². The third kappa shape index (κ3) is 2.80. The van der Waals surface area contributed by atoms with Crippen LogP contribution in [-0.2, 0) is 4.79 Å². The second kappa shape index (κ2) is 6.42. The lowest BCUT2D eigenvalue weighted by molar-refractivity contribution is -0.113. The lowest BCUT2D eigenvalue weighted by Crippen LogP contribution is -2.31. The van der Waals surface area contributed by atoms with Gasteiger partial charge in [0.15, 0.2) is 0 Å². The zero-order valence-electron chi connectivity index (χ0n) is 14.8. The van der Waals surface area contributed by atoms with E-state index in [1.807, 2.05) is 50.4 Å². The van der Waals surface area contributed by atoms with Crippen LogP contribution in [0.4, 0.5) is 11.6 Å². The summed E-state index contributed by atoms with van der Waals surface area (Å²) in [6.07, 6.45) is 1.50. The summed E-state index contributed by atoms with van der Waals surface area (Å²) in [5, 5.41) is 12.6. The predicted octanol–water partition coefficient (Wildman–Crippen LogP) is 3.88. The number of allylic oxidation sites excluding steroid dienone is 1. The van der Waals surface area contributed by atoms with Gasteiger partial charge < -0.3 is 10.6 Å². The summed E-state index contributed by atoms with van der Waals surface area (Å²) in [6, 6.07) is 9.70. The van der Waals surface area contributed by atoms with Crippen LogP contribution in [-0.4, -0.2) is 20.7 Å². The Labute approximate surface area is 155 Å². The van der Waals surface area contributed by atoms with Gasteiger partial charge in [-0.3, -0.25) is 4.79 Å². The van der Waals surface area contributed by atoms with Crippen LogP contribution in [0.5, 0.6) is 0 Å². The fourth-order valence-electron chi connectivity index (χ4n) is 3.24. The van der Waals surface area contributed by atoms with Gasteiger partial charge in [0, 0.05) is 16.3 Å². The van der Waals surface area contributed by atoms with E-state index in [-0.39, 0.29) is 11.9 Å². The Kier molecular flexibility index (Phi) is 4.08. The number of carbonyl (C=O) groups excluding carboxylic acids is 1. The molecule has 1 aliphatic heterocycles. The predicted molar refractivity (Wildman–Crippen MR) is 103 cm³/mol. The molecule has 7 heteroatoms. The number of aryl methyl sites for hydroxylation is 2. The molecule has 0 bridgehead atoms. The molecule has 6 nitrogen and oxygen atoms in total. The first-order chi connectivity index (χ1) is 12.5. The molecular formula is C19H19N5OS. The van der Waals surface area contributed by atoms with Crippen LogP contribution in [0, 0.1) is 13.8 Å². The number of hydrogen-bond donors (Lipinski definition) is 2. The number of carbonyl (C=O) groups is 1. The van der Waals surface area contributed by atoms with Crippen molar-refractivity contribution in [1.29, 1.82) is 0 Å². The lowest BCUT2D eigenvalue weighted by atomic mass is 10.0. The molecule has 0 spiro atoms. The van der Waals surface area contributed by atoms with Crippen LogP contribution in [0.3, 0.4) is 0 Å². The highest BCUT2D eigenvalue weighted by Gasteiger charge is 2.34. The largest absolute Gasteiger partial charge is 0.328 e. The van der Waals surface area contributed by atoms with E-state index in [9.17, 15) is 4.79 Å². The number of aromatic nitrogens is 3. The maximum absolute atomic E-state index is 13.2. The molecule has 1 aromatic carbocycles. The highest BCUT2D eigenvalue weighted by molar-refractivity contribution is 7.10. The molecule has 3 heterocycles. The monoisotopic (exact) mass is 365 g/mol. The molecule has 0 saturated carbocycles. The number of anilines is 2. The second-order valence-electron chi connectivity index (χ2n) is 6.38. The van der Waals surface area contributed by atoms with Gasteiger partial charge in [-0.1, -0.05) is 23.8 Å². The Bertz CT molecular complexity index is 1000. The zero-order chi connectivity index (χ0) is 18.3. The molecule has 0 fully saturated rings. The number of nitrogens with one attached hydrogen (secondary N) is 2. The molecule has 1 aliphatic rings. The van der Waals surface area contributed by atoms with Gasteiger partial charge in [-0.05, 0) is 43.8 Å². The first-order valence-corrected chi connectivity index (χ1v) is 9.22. The van der Waals surface area contributed by atoms with Gasteiger partial charge in [0.05, 0.1) is 5.57 Å². The van der Waals surface area contributed by atoms with Gasteiger partial charge in [0.1, 0.15) is 12.4 Å². The number of amides is 1. The Morgan fingerprint density at radius 1 is 1.27 bits per heavy atom. The fraction of sp³-hybridized carbons (Fsp3) is 0.211. The summed E-state index contributed by atoms with van der Waals surface area (Å²) >= 11 is 1.60. The molecule has 0 radical (unpaired) electrons. The van der Waals surface area contributed by atoms with Gasteiger partial charge in [-0.15, -0.1) is 11.3 Å². The minimum atomic E-state index is -0.292. The standard InChI is InChI=1S/C19H19N5OS/c1-11-6-7-14(12(2)9-11)23-18(25)16-13(3)22-19-20-10-21-24(19)17(16)15-5-4-8-26-15/h4-10,17H,1-3H3,(H,23,25)(H,20,21,22)/t17-/m1/s1. The van der Waals surface area contributed by atoms with E-state index in [2.05, 4.69) is 26.8 Å². The second-order valence-corrected chi connectivity index (χ2v) is 7.36. The van der Waals surface area contributed by atoms with Crippen LogP contribution in [0.15, 0.2) is 53.3 Å². The fourth-order valence-corrected chi connectivity index (χ4v) is 4.06. The zero-order valence-corrected chi connectivity index (χ0v) is 15.6. The number of benzene rings is 1. The minimum Gasteiger partial charge on any atom is -0.328 e. The summed E-state index contributed by atoms with van der Waals surface area (Å²) < 4.78 is 1.76. The quantitative estimate of drug-likeness (QED) is 0.739. The van der Waals surface area contributed by atoms with Crippen molar-refractivity contribution < 1.29 is 4.79 Å². The summed E-state index contributed by atoms with van der Waals surface area (Å²) in [5.74, 6) is 0.505. The number of hydrogen-bond acceptors (Lipinski definition) is 5. The van der Waals surface area contributed by atoms with E-state index in [4.69, 9.17) is 0 Å². The number of rotatable bonds is 3. The van der Waals surface area contributed by atoms with Gasteiger partial charge >= 0.3 is 0 Å². The maximum Gasteiger partial charge on any atom is 0.255 e. The summed E-state index contributed by atoms with van der Waals surface area (Å²) in [6.45, 7) is 5.93. The highest BCUT2D eigenvalue weighted by atomic mass is 32.1. The Hall–Kier alpha value is -2.93. The summed E-state index contributed by atoms with van der Waals surface area (Å²) in [4.78, 5) is 18.5. The first-order valence-electron chi connectivity index (χ1n) is 8.34. The molecule has 0 saturated heterocycles. The van der Waals surface area contributed by atoms with E-state index in [0.717, 1.165) is 21.8 Å². The molecule has 2 aromatic heterocycles. The molecular weight excluding hydrogens is 346 g/mol. The van der Waals surface area contributed by atoms with E-state index >= 15 is 0 Å². The normalized spacial score (nSPS) is 16.2. The van der Waals surface area contributed by atoms with Crippen LogP contribution < -0.4 is 10.6 Å². The minimum absolute atomic E-state index is 0.137. The Morgan fingerprint density at radius 2 is 2.12 bits per heavy atom. The molecule has 2 N–H and O–H groups in total. The van der Waals surface area contributed by atoms with Crippen LogP contribution in [0.25, 0.3) is 0 Å². The molecule has 1 amide bonds. The summed E-state index contributed by atoms with van der Waals surface area (Å²) in [5.41, 5.74) is 4.44. The van der Waals surface area contributed by atoms with Crippen molar-refractivity contribution in [3.8, 4) is 0 Å².